The molecule has 0 bridgehead atoms. The molecule has 0 N–H and O–H groups in total. The topological polar surface area (TPSA) is 12.5 Å². The molecule has 0 unspecified atom stereocenters. The van der Waals surface area contributed by atoms with E-state index in [9.17, 15) is 0 Å². The molecule has 3 rings (SSSR count). The average Bonchev–Trinajstić information content (AvgIpc) is 2.63. The Morgan fingerprint density at radius 3 is 3.06 bits per heavy atom. The van der Waals surface area contributed by atoms with Gasteiger partial charge in [-0.25, -0.2) is 0 Å². The van der Waals surface area contributed by atoms with Gasteiger partial charge in [-0.05, 0) is 23.6 Å². The number of benzene rings is 1. The largest absolute Gasteiger partial charge is 0.454 e. The van der Waals surface area contributed by atoms with E-state index >= 15 is 0 Å². The maximum Gasteiger partial charge on any atom is 0.150 e. The smallest absolute Gasteiger partial charge is 0.150 e. The lowest BCUT2D eigenvalue weighted by Gasteiger charge is -2.18. The Kier molecular flexibility index (Phi) is 2.30. The molecule has 0 saturated carbocycles. The minimum Gasteiger partial charge on any atom is -0.454 e. The zero-order valence-corrected chi connectivity index (χ0v) is 10.3. The third-order valence-electron chi connectivity index (χ3n) is 2.66. The van der Waals surface area contributed by atoms with Crippen molar-refractivity contribution in [2.75, 3.05) is 11.9 Å². The number of fused-ring (bicyclic) bond motifs is 2. The van der Waals surface area contributed by atoms with Crippen molar-refractivity contribution < 1.29 is 4.74 Å². The van der Waals surface area contributed by atoms with Gasteiger partial charge in [-0.2, -0.15) is 0 Å². The minimum absolute atomic E-state index is 0.735. The van der Waals surface area contributed by atoms with Crippen LogP contribution in [0.4, 0.5) is 5.69 Å². The Balaban J connectivity index is 2.14. The third kappa shape index (κ3) is 1.56. The molecule has 16 heavy (non-hydrogen) atoms. The Labute approximate surface area is 103 Å². The highest BCUT2D eigenvalue weighted by atomic mass is 35.5. The number of nitrogens with zero attached hydrogens (tertiary/aromatic N) is 1. The molecule has 2 heterocycles. The molecule has 0 spiro atoms. The van der Waals surface area contributed by atoms with Crippen LogP contribution < -0.4 is 9.64 Å². The quantitative estimate of drug-likeness (QED) is 0.698. The lowest BCUT2D eigenvalue weighted by molar-refractivity contribution is 0.486. The standard InChI is InChI=1S/C12H10ClNOS/c1-14-5-8-6-16-7-12(8)15-11-3-2-9(13)4-10(11)14/h2-4,6-7H,5H2,1H3. The van der Waals surface area contributed by atoms with Crippen LogP contribution in [0, 0.1) is 0 Å². The first kappa shape index (κ1) is 10.00. The Morgan fingerprint density at radius 1 is 1.31 bits per heavy atom. The molecule has 0 amide bonds. The highest BCUT2D eigenvalue weighted by Gasteiger charge is 2.18. The first-order valence-corrected chi connectivity index (χ1v) is 6.30. The van der Waals surface area contributed by atoms with Crippen molar-refractivity contribution in [3.8, 4) is 11.5 Å². The van der Waals surface area contributed by atoms with Gasteiger partial charge in [0.05, 0.1) is 5.69 Å². The summed E-state index contributed by atoms with van der Waals surface area (Å²) >= 11 is 7.67. The summed E-state index contributed by atoms with van der Waals surface area (Å²) in [5.74, 6) is 1.82. The fraction of sp³-hybridized carbons (Fsp3) is 0.167. The molecule has 1 aliphatic heterocycles. The lowest BCUT2D eigenvalue weighted by Crippen LogP contribution is -2.14. The molecule has 1 aliphatic rings. The monoisotopic (exact) mass is 251 g/mol. The summed E-state index contributed by atoms with van der Waals surface area (Å²) in [6.07, 6.45) is 0. The van der Waals surface area contributed by atoms with Crippen LogP contribution in [0.2, 0.25) is 5.02 Å². The molecule has 2 aromatic rings. The highest BCUT2D eigenvalue weighted by Crippen LogP contribution is 2.40. The second-order valence-corrected chi connectivity index (χ2v) is 5.01. The summed E-state index contributed by atoms with van der Waals surface area (Å²) in [7, 11) is 2.05. The fourth-order valence-corrected chi connectivity index (χ4v) is 2.76. The predicted octanol–water partition coefficient (Wildman–Crippen LogP) is 4.14. The van der Waals surface area contributed by atoms with E-state index in [0.717, 1.165) is 28.8 Å². The predicted molar refractivity (Wildman–Crippen MR) is 68.0 cm³/mol. The van der Waals surface area contributed by atoms with Gasteiger partial charge in [0.15, 0.2) is 5.75 Å². The van der Waals surface area contributed by atoms with Crippen LogP contribution in [0.3, 0.4) is 0 Å². The summed E-state index contributed by atoms with van der Waals surface area (Å²) in [4.78, 5) is 2.15. The molecule has 2 nitrogen and oxygen atoms in total. The third-order valence-corrected chi connectivity index (χ3v) is 3.67. The zero-order chi connectivity index (χ0) is 11.1. The van der Waals surface area contributed by atoms with Crippen LogP contribution in [0.5, 0.6) is 11.5 Å². The van der Waals surface area contributed by atoms with Crippen molar-refractivity contribution in [3.05, 3.63) is 39.5 Å². The van der Waals surface area contributed by atoms with Crippen LogP contribution in [0.25, 0.3) is 0 Å². The van der Waals surface area contributed by atoms with Gasteiger partial charge >= 0.3 is 0 Å². The molecule has 0 fully saturated rings. The first-order valence-electron chi connectivity index (χ1n) is 4.97. The SMILES string of the molecule is CN1Cc2cscc2Oc2ccc(Cl)cc21. The number of hydrogen-bond acceptors (Lipinski definition) is 3. The van der Waals surface area contributed by atoms with Crippen LogP contribution in [0.15, 0.2) is 29.0 Å². The number of ether oxygens (including phenoxy) is 1. The van der Waals surface area contributed by atoms with Crippen LogP contribution in [0.1, 0.15) is 5.56 Å². The molecule has 1 aromatic carbocycles. The van der Waals surface area contributed by atoms with Crippen LogP contribution >= 0.6 is 22.9 Å². The van der Waals surface area contributed by atoms with E-state index in [-0.39, 0.29) is 0 Å². The van der Waals surface area contributed by atoms with Crippen molar-refractivity contribution in [2.45, 2.75) is 6.54 Å². The minimum atomic E-state index is 0.735. The summed E-state index contributed by atoms with van der Waals surface area (Å²) in [6, 6.07) is 5.71. The van der Waals surface area contributed by atoms with Gasteiger partial charge in [-0.15, -0.1) is 11.3 Å². The number of anilines is 1. The summed E-state index contributed by atoms with van der Waals surface area (Å²) in [5, 5.41) is 4.89. The Bertz CT molecular complexity index is 538. The molecule has 0 saturated heterocycles. The van der Waals surface area contributed by atoms with Crippen LogP contribution in [-0.4, -0.2) is 7.05 Å². The van der Waals surface area contributed by atoms with Gasteiger partial charge in [0.1, 0.15) is 5.75 Å². The van der Waals surface area contributed by atoms with Gasteiger partial charge in [-0.1, -0.05) is 11.6 Å². The van der Waals surface area contributed by atoms with Crippen molar-refractivity contribution in [1.29, 1.82) is 0 Å². The van der Waals surface area contributed by atoms with Gasteiger partial charge < -0.3 is 9.64 Å². The first-order chi connectivity index (χ1) is 7.74. The average molecular weight is 252 g/mol. The summed E-state index contributed by atoms with van der Waals surface area (Å²) in [6.45, 7) is 0.853. The van der Waals surface area contributed by atoms with Gasteiger partial charge in [0.25, 0.3) is 0 Å². The van der Waals surface area contributed by atoms with Crippen molar-refractivity contribution >= 4 is 28.6 Å². The van der Waals surface area contributed by atoms with Crippen molar-refractivity contribution in [1.82, 2.24) is 0 Å². The molecule has 82 valence electrons. The molecule has 1 aromatic heterocycles. The van der Waals surface area contributed by atoms with Crippen LogP contribution in [-0.2, 0) is 6.54 Å². The lowest BCUT2D eigenvalue weighted by atomic mass is 10.2. The maximum absolute atomic E-state index is 6.00. The summed E-state index contributed by atoms with van der Waals surface area (Å²) in [5.41, 5.74) is 2.26. The molecule has 0 radical (unpaired) electrons. The molecule has 4 heteroatoms. The second-order valence-electron chi connectivity index (χ2n) is 3.83. The van der Waals surface area contributed by atoms with E-state index in [0.29, 0.717) is 0 Å². The molecular weight excluding hydrogens is 242 g/mol. The number of rotatable bonds is 0. The number of hydrogen-bond donors (Lipinski definition) is 0. The van der Waals surface area contributed by atoms with E-state index < -0.39 is 0 Å². The fourth-order valence-electron chi connectivity index (χ4n) is 1.85. The van der Waals surface area contributed by atoms with E-state index in [4.69, 9.17) is 16.3 Å². The van der Waals surface area contributed by atoms with Gasteiger partial charge in [0, 0.05) is 29.6 Å². The zero-order valence-electron chi connectivity index (χ0n) is 8.74. The van der Waals surface area contributed by atoms with E-state index in [2.05, 4.69) is 10.3 Å². The maximum atomic E-state index is 6.00. The Morgan fingerprint density at radius 2 is 2.19 bits per heavy atom. The Hall–Kier alpha value is -1.19. The number of halogens is 1. The second kappa shape index (κ2) is 3.68. The van der Waals surface area contributed by atoms with E-state index in [1.54, 1.807) is 11.3 Å². The van der Waals surface area contributed by atoms with Gasteiger partial charge in [0.2, 0.25) is 0 Å². The molecule has 0 atom stereocenters. The number of thiophene rings is 1. The molecule has 0 aliphatic carbocycles. The highest BCUT2D eigenvalue weighted by molar-refractivity contribution is 7.08. The van der Waals surface area contributed by atoms with Gasteiger partial charge in [-0.3, -0.25) is 0 Å². The van der Waals surface area contributed by atoms with E-state index in [1.807, 2.05) is 30.6 Å². The van der Waals surface area contributed by atoms with E-state index in [1.165, 1.54) is 5.56 Å². The van der Waals surface area contributed by atoms with Crippen molar-refractivity contribution in [2.24, 2.45) is 0 Å². The normalized spacial score (nSPS) is 13.8. The summed E-state index contributed by atoms with van der Waals surface area (Å²) < 4.78 is 5.88. The molecular formula is C12H10ClNOS. The van der Waals surface area contributed by atoms with Crippen molar-refractivity contribution in [3.63, 3.8) is 0 Å².